The summed E-state index contributed by atoms with van der Waals surface area (Å²) in [4.78, 5) is 48.1. The summed E-state index contributed by atoms with van der Waals surface area (Å²) in [6, 6.07) is 8.85. The summed E-state index contributed by atoms with van der Waals surface area (Å²) < 4.78 is 49.7. The number of aldehydes is 2. The normalized spacial score (nSPS) is 17.8. The second-order valence-corrected chi connectivity index (χ2v) is 17.0. The number of carbonyl (C=O) groups excluding carboxylic acids is 4. The summed E-state index contributed by atoms with van der Waals surface area (Å²) in [6.45, 7) is 21.4. The van der Waals surface area contributed by atoms with Gasteiger partial charge in [-0.2, -0.15) is 0 Å². The van der Waals surface area contributed by atoms with E-state index < -0.39 is 22.8 Å². The lowest BCUT2D eigenvalue weighted by Crippen LogP contribution is -2.41. The Balaban J connectivity index is 0.000000233. The molecule has 54 heavy (non-hydrogen) atoms. The van der Waals surface area contributed by atoms with Gasteiger partial charge in [-0.25, -0.2) is 18.4 Å². The molecule has 0 aromatic heterocycles. The van der Waals surface area contributed by atoms with Gasteiger partial charge >= 0.3 is 19.3 Å². The fraction of sp³-hybridized carbons (Fsp3) is 0.500. The molecular formula is C40H52BBrF2N2O8. The summed E-state index contributed by atoms with van der Waals surface area (Å²) >= 11 is 3.07. The Morgan fingerprint density at radius 3 is 1.61 bits per heavy atom. The molecule has 0 atom stereocenters. The number of nitrogens with zero attached hydrogens (tertiary/aromatic N) is 2. The molecule has 0 aliphatic carbocycles. The van der Waals surface area contributed by atoms with Crippen LogP contribution in [0.5, 0.6) is 0 Å². The van der Waals surface area contributed by atoms with E-state index >= 15 is 0 Å². The summed E-state index contributed by atoms with van der Waals surface area (Å²) in [6.07, 6.45) is 5.66. The van der Waals surface area contributed by atoms with Crippen molar-refractivity contribution in [3.8, 4) is 0 Å². The van der Waals surface area contributed by atoms with Crippen molar-refractivity contribution in [2.45, 2.75) is 104 Å². The lowest BCUT2D eigenvalue weighted by molar-refractivity contribution is 0.00578. The molecule has 0 radical (unpaired) electrons. The molecule has 2 amide bonds. The van der Waals surface area contributed by atoms with E-state index in [0.717, 1.165) is 23.0 Å². The molecule has 0 bridgehead atoms. The Bertz CT molecular complexity index is 1730. The van der Waals surface area contributed by atoms with Gasteiger partial charge < -0.3 is 28.6 Å². The van der Waals surface area contributed by atoms with Gasteiger partial charge in [-0.15, -0.1) is 0 Å². The predicted molar refractivity (Wildman–Crippen MR) is 208 cm³/mol. The molecule has 0 spiro atoms. The zero-order chi connectivity index (χ0) is 40.6. The van der Waals surface area contributed by atoms with E-state index in [4.69, 9.17) is 18.8 Å². The van der Waals surface area contributed by atoms with Crippen molar-refractivity contribution in [1.29, 1.82) is 0 Å². The van der Waals surface area contributed by atoms with E-state index in [-0.39, 0.29) is 41.6 Å². The van der Waals surface area contributed by atoms with E-state index in [1.165, 1.54) is 24.3 Å². The number of carbonyl (C=O) groups is 4. The second-order valence-electron chi connectivity index (χ2n) is 16.1. The first kappa shape index (κ1) is 44.5. The molecule has 5 rings (SSSR count). The van der Waals surface area contributed by atoms with Crippen LogP contribution in [0.25, 0.3) is 5.57 Å². The number of hydrogen-bond acceptors (Lipinski definition) is 8. The minimum Gasteiger partial charge on any atom is -0.444 e. The zero-order valence-electron chi connectivity index (χ0n) is 32.9. The van der Waals surface area contributed by atoms with Gasteiger partial charge in [-0.3, -0.25) is 9.59 Å². The van der Waals surface area contributed by atoms with Gasteiger partial charge in [-0.05, 0) is 129 Å². The first-order valence-electron chi connectivity index (χ1n) is 17.8. The minimum absolute atomic E-state index is 0.0514. The van der Waals surface area contributed by atoms with Gasteiger partial charge in [0.1, 0.15) is 22.8 Å². The Hall–Kier alpha value is -3.88. The number of halogens is 3. The molecule has 3 heterocycles. The smallest absolute Gasteiger partial charge is 0.444 e. The quantitative estimate of drug-likeness (QED) is 0.222. The molecule has 10 nitrogen and oxygen atoms in total. The summed E-state index contributed by atoms with van der Waals surface area (Å²) in [5, 5.41) is 0. The van der Waals surface area contributed by atoms with E-state index in [1.807, 2.05) is 81.4 Å². The number of ether oxygens (including phenoxy) is 2. The van der Waals surface area contributed by atoms with Crippen LogP contribution in [0.1, 0.15) is 108 Å². The van der Waals surface area contributed by atoms with Crippen LogP contribution >= 0.6 is 15.9 Å². The molecule has 14 heteroatoms. The van der Waals surface area contributed by atoms with Gasteiger partial charge in [0.2, 0.25) is 0 Å². The van der Waals surface area contributed by atoms with Crippen molar-refractivity contribution in [2.75, 3.05) is 26.2 Å². The topological polar surface area (TPSA) is 112 Å². The molecule has 1 fully saturated rings. The van der Waals surface area contributed by atoms with Crippen molar-refractivity contribution < 1.29 is 46.7 Å². The summed E-state index contributed by atoms with van der Waals surface area (Å²) in [7, 11) is -0.314. The lowest BCUT2D eigenvalue weighted by Gasteiger charge is -2.32. The fourth-order valence-corrected chi connectivity index (χ4v) is 5.56. The molecule has 3 aliphatic rings. The predicted octanol–water partition coefficient (Wildman–Crippen LogP) is 9.25. The van der Waals surface area contributed by atoms with Gasteiger partial charge in [0, 0.05) is 30.7 Å². The Morgan fingerprint density at radius 1 is 0.759 bits per heavy atom. The van der Waals surface area contributed by atoms with Crippen LogP contribution in [0.3, 0.4) is 0 Å². The molecule has 0 saturated carbocycles. The van der Waals surface area contributed by atoms with E-state index in [9.17, 15) is 28.0 Å². The maximum Gasteiger partial charge on any atom is 0.490 e. The highest BCUT2D eigenvalue weighted by molar-refractivity contribution is 9.10. The van der Waals surface area contributed by atoms with Crippen LogP contribution in [0.15, 0.2) is 58.5 Å². The average Bonchev–Trinajstić information content (AvgIpc) is 3.30. The van der Waals surface area contributed by atoms with Crippen molar-refractivity contribution >= 4 is 53.4 Å². The van der Waals surface area contributed by atoms with E-state index in [2.05, 4.69) is 15.9 Å². The van der Waals surface area contributed by atoms with Crippen LogP contribution in [0.2, 0.25) is 0 Å². The highest BCUT2D eigenvalue weighted by Crippen LogP contribution is 2.39. The molecule has 2 aromatic rings. The number of rotatable bonds is 4. The Labute approximate surface area is 326 Å². The first-order chi connectivity index (χ1) is 24.9. The molecule has 2 aromatic carbocycles. The highest BCUT2D eigenvalue weighted by atomic mass is 79.9. The maximum atomic E-state index is 13.7. The molecule has 294 valence electrons. The van der Waals surface area contributed by atoms with E-state index in [1.54, 1.807) is 21.9 Å². The largest absolute Gasteiger partial charge is 0.490 e. The van der Waals surface area contributed by atoms with Crippen LogP contribution in [0.4, 0.5) is 18.4 Å². The SMILES string of the molecule is CC(C)(C)OC(=O)N1CC=C(B2OC(C)(C)C(C)(C)O2)CC1.CC(C)(C)OC(=O)N1CC=C(c2ccc(C=O)c(F)c2)CC1.O=Cc1ccc(Br)cc1F. The van der Waals surface area contributed by atoms with Crippen LogP contribution in [-0.2, 0) is 18.8 Å². The van der Waals surface area contributed by atoms with Gasteiger partial charge in [0.05, 0.1) is 22.3 Å². The molecule has 0 N–H and O–H groups in total. The third-order valence-electron chi connectivity index (χ3n) is 8.90. The summed E-state index contributed by atoms with van der Waals surface area (Å²) in [5.41, 5.74) is 1.31. The maximum absolute atomic E-state index is 13.7. The Morgan fingerprint density at radius 2 is 1.22 bits per heavy atom. The molecule has 3 aliphatic heterocycles. The van der Waals surface area contributed by atoms with Crippen molar-refractivity contribution in [2.24, 2.45) is 0 Å². The van der Waals surface area contributed by atoms with Gasteiger partial charge in [0.25, 0.3) is 0 Å². The van der Waals surface area contributed by atoms with Crippen LogP contribution in [-0.4, -0.2) is 90.3 Å². The number of benzene rings is 2. The standard InChI is InChI=1S/C17H20FNO3.C16H28BNO4.C7H4BrFO/c1-17(2,3)22-16(21)19-8-6-12(7-9-19)13-4-5-14(11-20)15(18)10-13;1-14(2,3)20-13(19)18-10-8-12(9-11-18)17-21-15(4,5)16(6,7)22-17;8-6-2-1-5(4-10)7(9)3-6/h4-6,10-11H,7-9H2,1-3H3;8H,9-11H2,1-7H3;1-4H. The van der Waals surface area contributed by atoms with Gasteiger partial charge in [0.15, 0.2) is 12.6 Å². The highest BCUT2D eigenvalue weighted by Gasteiger charge is 2.52. The van der Waals surface area contributed by atoms with Crippen LogP contribution in [0, 0.1) is 11.6 Å². The second kappa shape index (κ2) is 18.2. The average molecular weight is 818 g/mol. The zero-order valence-corrected chi connectivity index (χ0v) is 34.5. The molecule has 1 saturated heterocycles. The van der Waals surface area contributed by atoms with Crippen molar-refractivity contribution in [3.63, 3.8) is 0 Å². The van der Waals surface area contributed by atoms with Crippen molar-refractivity contribution in [3.05, 3.63) is 86.8 Å². The van der Waals surface area contributed by atoms with Crippen molar-refractivity contribution in [1.82, 2.24) is 9.80 Å². The Kier molecular flexibility index (Phi) is 15.0. The first-order valence-corrected chi connectivity index (χ1v) is 18.6. The fourth-order valence-electron chi connectivity index (χ4n) is 5.23. The molecular weight excluding hydrogens is 765 g/mol. The minimum atomic E-state index is -0.525. The third kappa shape index (κ3) is 12.9. The van der Waals surface area contributed by atoms with Gasteiger partial charge in [-0.1, -0.05) is 34.1 Å². The number of amides is 2. The van der Waals surface area contributed by atoms with E-state index in [0.29, 0.717) is 49.6 Å². The number of hydrogen-bond donors (Lipinski definition) is 0. The molecule has 0 unspecified atom stereocenters. The third-order valence-corrected chi connectivity index (χ3v) is 9.39. The monoisotopic (exact) mass is 816 g/mol. The lowest BCUT2D eigenvalue weighted by atomic mass is 9.75. The summed E-state index contributed by atoms with van der Waals surface area (Å²) in [5.74, 6) is -1.02. The van der Waals surface area contributed by atoms with Crippen LogP contribution < -0.4 is 0 Å².